The molecule has 0 radical (unpaired) electrons. The Balaban J connectivity index is -0.0000000247. The maximum atomic E-state index is 9.00. The molecule has 0 spiro atoms. The number of carbonyl (C=O) groups is 1. The van der Waals surface area contributed by atoms with Crippen LogP contribution in [0.25, 0.3) is 0 Å². The second-order valence-corrected chi connectivity index (χ2v) is 3.60. The van der Waals surface area contributed by atoms with E-state index in [1.165, 1.54) is 0 Å². The molecule has 0 saturated carbocycles. The van der Waals surface area contributed by atoms with Crippen molar-refractivity contribution < 1.29 is 48.4 Å². The van der Waals surface area contributed by atoms with Gasteiger partial charge in [0, 0.05) is 6.92 Å². The molecule has 0 aliphatic carbocycles. The third-order valence-corrected chi connectivity index (χ3v) is 0. The molecule has 7 N–H and O–H groups in total. The van der Waals surface area contributed by atoms with Crippen LogP contribution < -0.4 is 0 Å². The molecule has 94 valence electrons. The topological polar surface area (TPSA) is 193 Å². The van der Waals surface area contributed by atoms with E-state index in [2.05, 4.69) is 0 Å². The molecule has 0 rings (SSSR count). The third kappa shape index (κ3) is 524. The maximum absolute atomic E-state index is 9.00. The molecule has 0 aliphatic heterocycles. The summed E-state index contributed by atoms with van der Waals surface area (Å²) in [5, 5.41) is 7.42. The second kappa shape index (κ2) is 19.3. The van der Waals surface area contributed by atoms with Crippen LogP contribution in [0.1, 0.15) is 6.92 Å². The molecule has 17 heavy (non-hydrogen) atoms. The van der Waals surface area contributed by atoms with Crippen LogP contribution in [0.3, 0.4) is 0 Å². The number of hydrogen-bond acceptors (Lipinski definition) is 3. The van der Waals surface area contributed by atoms with E-state index < -0.39 is 21.6 Å². The van der Waals surface area contributed by atoms with Gasteiger partial charge in [0.15, 0.2) is 0 Å². The van der Waals surface area contributed by atoms with Crippen LogP contribution in [0.5, 0.6) is 0 Å². The summed E-state index contributed by atoms with van der Waals surface area (Å²) in [4.78, 5) is 52.1. The molecule has 10 nitrogen and oxygen atoms in total. The quantitative estimate of drug-likeness (QED) is 0.170. The summed E-state index contributed by atoms with van der Waals surface area (Å²) >= 11 is 0. The van der Waals surface area contributed by atoms with Crippen LogP contribution in [0, 0.1) is 0 Å². The Kier molecular flexibility index (Phi) is 42.1. The van der Waals surface area contributed by atoms with Crippen molar-refractivity contribution in [3.05, 3.63) is 0 Å². The average molecular weight is 344 g/mol. The van der Waals surface area contributed by atoms with Gasteiger partial charge in [0.1, 0.15) is 0 Å². The van der Waals surface area contributed by atoms with Crippen molar-refractivity contribution in [1.29, 1.82) is 0 Å². The Hall–Kier alpha value is 3.33. The first kappa shape index (κ1) is 37.0. The molecule has 0 aromatic heterocycles. The van der Waals surface area contributed by atoms with Crippen molar-refractivity contribution in [3.63, 3.8) is 0 Å². The Bertz CT molecular complexity index is 206. The number of aliphatic carboxylic acids is 1. The number of hydrogen-bond donors (Lipinski definition) is 7. The van der Waals surface area contributed by atoms with Crippen LogP contribution >= 0.6 is 15.6 Å². The fourth-order valence-electron chi connectivity index (χ4n) is 0. The summed E-state index contributed by atoms with van der Waals surface area (Å²) in [6, 6.07) is 0. The molecular formula is C2H13KNa2O10P2. The summed E-state index contributed by atoms with van der Waals surface area (Å²) in [5.41, 5.74) is 0. The standard InChI is InChI=1S/C2H4O2.K.2Na.2H3O4P.3H/c1-2(3)4;;;;2*1-5(2,3)4;;;/h1H3,(H,3,4);;;;2*(H3,1,2,3,4);;;. The van der Waals surface area contributed by atoms with Gasteiger partial charge in [-0.2, -0.15) is 0 Å². The van der Waals surface area contributed by atoms with E-state index in [4.69, 9.17) is 48.4 Å². The number of carboxylic acids is 1. The van der Waals surface area contributed by atoms with Crippen LogP contribution in [-0.4, -0.2) is 151 Å². The summed E-state index contributed by atoms with van der Waals surface area (Å²) < 4.78 is 17.8. The minimum atomic E-state index is -4.64. The van der Waals surface area contributed by atoms with Crippen molar-refractivity contribution in [2.45, 2.75) is 6.92 Å². The summed E-state index contributed by atoms with van der Waals surface area (Å²) in [7, 11) is -9.28. The van der Waals surface area contributed by atoms with Crippen LogP contribution in [-0.2, 0) is 13.9 Å². The molecule has 0 fully saturated rings. The molecule has 0 aliphatic rings. The van der Waals surface area contributed by atoms with Gasteiger partial charge >= 0.3 is 126 Å². The Morgan fingerprint density at radius 1 is 0.824 bits per heavy atom. The first-order valence-corrected chi connectivity index (χ1v) is 5.62. The fraction of sp³-hybridized carbons (Fsp3) is 0.500. The molecular weight excluding hydrogens is 331 g/mol. The van der Waals surface area contributed by atoms with Gasteiger partial charge < -0.3 is 34.5 Å². The van der Waals surface area contributed by atoms with E-state index in [1.54, 1.807) is 0 Å². The van der Waals surface area contributed by atoms with Gasteiger partial charge in [0.05, 0.1) is 0 Å². The minimum absolute atomic E-state index is 0. The molecule has 0 saturated heterocycles. The van der Waals surface area contributed by atoms with Gasteiger partial charge in [0.2, 0.25) is 0 Å². The molecule has 0 bridgehead atoms. The van der Waals surface area contributed by atoms with E-state index in [0.717, 1.165) is 6.92 Å². The third-order valence-electron chi connectivity index (χ3n) is 0. The predicted octanol–water partition coefficient (Wildman–Crippen LogP) is -3.71. The van der Waals surface area contributed by atoms with Gasteiger partial charge in [-0.05, 0) is 0 Å². The molecule has 0 aromatic rings. The summed E-state index contributed by atoms with van der Waals surface area (Å²) in [6.07, 6.45) is 0. The zero-order chi connectivity index (χ0) is 12.6. The van der Waals surface area contributed by atoms with Crippen molar-refractivity contribution >= 4 is 132 Å². The zero-order valence-electron chi connectivity index (χ0n) is 6.75. The average Bonchev–Trinajstić information content (AvgIpc) is 1.45. The molecule has 15 heteroatoms. The van der Waals surface area contributed by atoms with Crippen molar-refractivity contribution in [1.82, 2.24) is 0 Å². The Labute approximate surface area is 184 Å². The van der Waals surface area contributed by atoms with Crippen molar-refractivity contribution in [3.8, 4) is 0 Å². The van der Waals surface area contributed by atoms with Gasteiger partial charge in [-0.1, -0.05) is 0 Å². The van der Waals surface area contributed by atoms with Crippen LogP contribution in [0.4, 0.5) is 0 Å². The summed E-state index contributed by atoms with van der Waals surface area (Å²) in [5.74, 6) is -0.833. The normalized spacial score (nSPS) is 8.41. The Morgan fingerprint density at radius 2 is 0.824 bits per heavy atom. The zero-order valence-corrected chi connectivity index (χ0v) is 8.54. The molecule has 0 heterocycles. The monoisotopic (exact) mass is 344 g/mol. The molecule has 0 atom stereocenters. The predicted molar refractivity (Wildman–Crippen MR) is 63.3 cm³/mol. The number of phosphoric acid groups is 2. The number of rotatable bonds is 0. The van der Waals surface area contributed by atoms with Crippen LogP contribution in [0.2, 0.25) is 0 Å². The van der Waals surface area contributed by atoms with E-state index >= 15 is 0 Å². The van der Waals surface area contributed by atoms with Crippen molar-refractivity contribution in [2.24, 2.45) is 0 Å². The first-order valence-electron chi connectivity index (χ1n) is 2.49. The van der Waals surface area contributed by atoms with E-state index in [1.807, 2.05) is 0 Å². The molecule has 0 unspecified atom stereocenters. The van der Waals surface area contributed by atoms with Gasteiger partial charge in [-0.25, -0.2) is 9.13 Å². The molecule has 0 amide bonds. The number of carboxylic acid groups (broad SMARTS) is 1. The van der Waals surface area contributed by atoms with E-state index in [9.17, 15) is 0 Å². The fourth-order valence-corrected chi connectivity index (χ4v) is 0. The summed E-state index contributed by atoms with van der Waals surface area (Å²) in [6.45, 7) is 1.08. The van der Waals surface area contributed by atoms with Crippen molar-refractivity contribution in [2.75, 3.05) is 0 Å². The van der Waals surface area contributed by atoms with Crippen LogP contribution in [0.15, 0.2) is 0 Å². The molecule has 0 aromatic carbocycles. The SMILES string of the molecule is CC(=O)O.O=P(O)(O)O.O=P(O)(O)O.[KH].[NaH].[NaH]. The van der Waals surface area contributed by atoms with Gasteiger partial charge in [0.25, 0.3) is 5.97 Å². The first-order chi connectivity index (χ1) is 5.73. The van der Waals surface area contributed by atoms with E-state index in [0.29, 0.717) is 0 Å². The van der Waals surface area contributed by atoms with Gasteiger partial charge in [-0.3, -0.25) is 4.79 Å². The van der Waals surface area contributed by atoms with Gasteiger partial charge in [-0.15, -0.1) is 0 Å². The second-order valence-electron chi connectivity index (χ2n) is 1.55. The van der Waals surface area contributed by atoms with E-state index in [-0.39, 0.29) is 110 Å². The Morgan fingerprint density at radius 3 is 0.824 bits per heavy atom.